The second-order valence-corrected chi connectivity index (χ2v) is 6.47. The smallest absolute Gasteiger partial charge is 0.351 e. The number of hydrogen-bond acceptors (Lipinski definition) is 3. The third kappa shape index (κ3) is 5.58. The van der Waals surface area contributed by atoms with Gasteiger partial charge in [-0.1, -0.05) is 23.4 Å². The molecular weight excluding hydrogens is 313 g/mol. The summed E-state index contributed by atoms with van der Waals surface area (Å²) in [6.45, 7) is 5.50. The summed E-state index contributed by atoms with van der Waals surface area (Å²) in [6.07, 6.45) is -3.78. The number of alkyl halides is 3. The Morgan fingerprint density at radius 2 is 2.00 bits per heavy atom. The van der Waals surface area contributed by atoms with E-state index >= 15 is 0 Å². The molecule has 1 N–H and O–H groups in total. The third-order valence-electron chi connectivity index (χ3n) is 1.99. The lowest BCUT2D eigenvalue weighted by Crippen LogP contribution is -2.41. The van der Waals surface area contributed by atoms with Gasteiger partial charge in [0.05, 0.1) is 16.3 Å². The lowest BCUT2D eigenvalue weighted by atomic mass is 10.1. The average molecular weight is 327 g/mol. The van der Waals surface area contributed by atoms with Crippen molar-refractivity contribution in [2.75, 3.05) is 5.75 Å². The van der Waals surface area contributed by atoms with Gasteiger partial charge in [-0.3, -0.25) is 4.79 Å². The van der Waals surface area contributed by atoms with E-state index in [0.717, 1.165) is 17.8 Å². The van der Waals surface area contributed by atoms with Crippen LogP contribution in [0.5, 0.6) is 0 Å². The zero-order chi connectivity index (χ0) is 15.6. The lowest BCUT2D eigenvalue weighted by Gasteiger charge is -2.20. The van der Waals surface area contributed by atoms with Crippen molar-refractivity contribution in [3.05, 3.63) is 22.8 Å². The molecule has 0 spiro atoms. The summed E-state index contributed by atoms with van der Waals surface area (Å²) in [5.74, 6) is -0.199. The Bertz CT molecular complexity index is 500. The second-order valence-electron chi connectivity index (χ2n) is 5.10. The van der Waals surface area contributed by atoms with Crippen LogP contribution in [0.4, 0.5) is 13.2 Å². The molecule has 0 aliphatic rings. The predicted molar refractivity (Wildman–Crippen MR) is 72.9 cm³/mol. The van der Waals surface area contributed by atoms with Crippen molar-refractivity contribution in [1.29, 1.82) is 0 Å². The SMILES string of the molecule is CC(C)(C)NC(=O)CSc1ncc(C(F)(F)F)cc1Cl. The van der Waals surface area contributed by atoms with Crippen LogP contribution in [0.2, 0.25) is 5.02 Å². The Labute approximate surface area is 124 Å². The fourth-order valence-electron chi connectivity index (χ4n) is 1.27. The van der Waals surface area contributed by atoms with Crippen LogP contribution in [0.15, 0.2) is 17.3 Å². The first-order valence-electron chi connectivity index (χ1n) is 5.65. The van der Waals surface area contributed by atoms with Crippen LogP contribution >= 0.6 is 23.4 Å². The number of halogens is 4. The maximum Gasteiger partial charge on any atom is 0.417 e. The summed E-state index contributed by atoms with van der Waals surface area (Å²) in [5, 5.41) is 2.81. The highest BCUT2D eigenvalue weighted by atomic mass is 35.5. The van der Waals surface area contributed by atoms with Gasteiger partial charge < -0.3 is 5.32 Å². The van der Waals surface area contributed by atoms with Crippen molar-refractivity contribution in [2.45, 2.75) is 37.5 Å². The van der Waals surface area contributed by atoms with Crippen LogP contribution in [-0.4, -0.2) is 22.2 Å². The van der Waals surface area contributed by atoms with Crippen molar-refractivity contribution in [2.24, 2.45) is 0 Å². The molecule has 1 aromatic rings. The second kappa shape index (κ2) is 6.22. The first kappa shape index (κ1) is 17.1. The number of rotatable bonds is 3. The Kier molecular flexibility index (Phi) is 5.32. The molecule has 1 amide bonds. The van der Waals surface area contributed by atoms with Crippen LogP contribution in [0.3, 0.4) is 0 Å². The standard InChI is InChI=1S/C12H14ClF3N2OS/c1-11(2,3)18-9(19)6-20-10-8(13)4-7(5-17-10)12(14,15)16/h4-5H,6H2,1-3H3,(H,18,19). The Balaban J connectivity index is 2.68. The number of nitrogens with zero attached hydrogens (tertiary/aromatic N) is 1. The summed E-state index contributed by atoms with van der Waals surface area (Å²) in [5.41, 5.74) is -1.28. The summed E-state index contributed by atoms with van der Waals surface area (Å²) >= 11 is 6.73. The highest BCUT2D eigenvalue weighted by molar-refractivity contribution is 8.00. The van der Waals surface area contributed by atoms with E-state index in [4.69, 9.17) is 11.6 Å². The van der Waals surface area contributed by atoms with E-state index in [1.165, 1.54) is 0 Å². The van der Waals surface area contributed by atoms with Crippen LogP contribution in [0, 0.1) is 0 Å². The fraction of sp³-hybridized carbons (Fsp3) is 0.500. The number of carbonyl (C=O) groups excluding carboxylic acids is 1. The van der Waals surface area contributed by atoms with Crippen molar-refractivity contribution in [3.8, 4) is 0 Å². The quantitative estimate of drug-likeness (QED) is 0.860. The van der Waals surface area contributed by atoms with Gasteiger partial charge in [0.25, 0.3) is 0 Å². The number of hydrogen-bond donors (Lipinski definition) is 1. The molecule has 0 aliphatic heterocycles. The van der Waals surface area contributed by atoms with Crippen LogP contribution < -0.4 is 5.32 Å². The Hall–Kier alpha value is -0.950. The highest BCUT2D eigenvalue weighted by Gasteiger charge is 2.31. The van der Waals surface area contributed by atoms with Gasteiger partial charge >= 0.3 is 6.18 Å². The molecule has 112 valence electrons. The van der Waals surface area contributed by atoms with E-state index in [0.29, 0.717) is 6.20 Å². The third-order valence-corrected chi connectivity index (χ3v) is 3.39. The van der Waals surface area contributed by atoms with Gasteiger partial charge in [0, 0.05) is 11.7 Å². The molecule has 0 atom stereocenters. The molecular formula is C12H14ClF3N2OS. The van der Waals surface area contributed by atoms with Crippen LogP contribution in [0.25, 0.3) is 0 Å². The number of nitrogens with one attached hydrogen (secondary N) is 1. The molecule has 0 bridgehead atoms. The van der Waals surface area contributed by atoms with E-state index < -0.39 is 11.7 Å². The fourth-order valence-corrected chi connectivity index (χ4v) is 2.27. The normalized spacial score (nSPS) is 12.3. The van der Waals surface area contributed by atoms with Crippen molar-refractivity contribution >= 4 is 29.3 Å². The molecule has 1 heterocycles. The molecule has 20 heavy (non-hydrogen) atoms. The molecule has 0 fully saturated rings. The van der Waals surface area contributed by atoms with Gasteiger partial charge in [0.2, 0.25) is 5.91 Å². The highest BCUT2D eigenvalue weighted by Crippen LogP contribution is 2.33. The molecule has 1 aromatic heterocycles. The molecule has 1 rings (SSSR count). The Morgan fingerprint density at radius 1 is 1.40 bits per heavy atom. The van der Waals surface area contributed by atoms with E-state index in [1.807, 2.05) is 20.8 Å². The monoisotopic (exact) mass is 326 g/mol. The predicted octanol–water partition coefficient (Wildman–Crippen LogP) is 3.76. The Morgan fingerprint density at radius 3 is 2.45 bits per heavy atom. The first-order valence-corrected chi connectivity index (χ1v) is 7.02. The molecule has 0 unspecified atom stereocenters. The molecule has 0 saturated carbocycles. The number of amides is 1. The maximum absolute atomic E-state index is 12.4. The minimum Gasteiger partial charge on any atom is -0.351 e. The minimum absolute atomic E-state index is 0.0371. The van der Waals surface area contributed by atoms with Gasteiger partial charge in [-0.25, -0.2) is 4.98 Å². The number of thioether (sulfide) groups is 1. The van der Waals surface area contributed by atoms with Crippen molar-refractivity contribution in [3.63, 3.8) is 0 Å². The molecule has 0 aromatic carbocycles. The van der Waals surface area contributed by atoms with Gasteiger partial charge in [0.15, 0.2) is 0 Å². The van der Waals surface area contributed by atoms with E-state index in [-0.39, 0.29) is 27.2 Å². The topological polar surface area (TPSA) is 42.0 Å². The number of carbonyl (C=O) groups is 1. The summed E-state index contributed by atoms with van der Waals surface area (Å²) in [6, 6.07) is 0.804. The summed E-state index contributed by atoms with van der Waals surface area (Å²) < 4.78 is 37.3. The zero-order valence-electron chi connectivity index (χ0n) is 11.1. The largest absolute Gasteiger partial charge is 0.417 e. The van der Waals surface area contributed by atoms with Crippen molar-refractivity contribution in [1.82, 2.24) is 10.3 Å². The summed E-state index contributed by atoms with van der Waals surface area (Å²) in [7, 11) is 0. The van der Waals surface area contributed by atoms with Gasteiger partial charge in [-0.15, -0.1) is 0 Å². The van der Waals surface area contributed by atoms with Crippen LogP contribution in [0.1, 0.15) is 26.3 Å². The summed E-state index contributed by atoms with van der Waals surface area (Å²) in [4.78, 5) is 15.2. The number of pyridine rings is 1. The van der Waals surface area contributed by atoms with E-state index in [1.54, 1.807) is 0 Å². The van der Waals surface area contributed by atoms with E-state index in [9.17, 15) is 18.0 Å². The molecule has 0 radical (unpaired) electrons. The van der Waals surface area contributed by atoms with Crippen molar-refractivity contribution < 1.29 is 18.0 Å². The van der Waals surface area contributed by atoms with Gasteiger partial charge in [-0.2, -0.15) is 13.2 Å². The molecule has 3 nitrogen and oxygen atoms in total. The van der Waals surface area contributed by atoms with Gasteiger partial charge in [0.1, 0.15) is 5.03 Å². The number of aromatic nitrogens is 1. The van der Waals surface area contributed by atoms with Crippen LogP contribution in [-0.2, 0) is 11.0 Å². The molecule has 0 saturated heterocycles. The molecule has 8 heteroatoms. The first-order chi connectivity index (χ1) is 8.99. The lowest BCUT2D eigenvalue weighted by molar-refractivity contribution is -0.137. The minimum atomic E-state index is -4.48. The molecule has 0 aliphatic carbocycles. The maximum atomic E-state index is 12.4. The van der Waals surface area contributed by atoms with E-state index in [2.05, 4.69) is 10.3 Å². The van der Waals surface area contributed by atoms with Gasteiger partial charge in [-0.05, 0) is 26.8 Å². The zero-order valence-corrected chi connectivity index (χ0v) is 12.7. The average Bonchev–Trinajstić information content (AvgIpc) is 2.23.